The predicted molar refractivity (Wildman–Crippen MR) is 117 cm³/mol. The first-order valence-electron chi connectivity index (χ1n) is 8.70. The van der Waals surface area contributed by atoms with Gasteiger partial charge in [0.05, 0.1) is 11.1 Å². The third kappa shape index (κ3) is 2.71. The van der Waals surface area contributed by atoms with E-state index in [1.54, 1.807) is 11.3 Å². The Morgan fingerprint density at radius 3 is 2.48 bits per heavy atom. The minimum absolute atomic E-state index is 0.0658. The molecule has 1 aromatic heterocycles. The van der Waals surface area contributed by atoms with Gasteiger partial charge in [0.15, 0.2) is 5.43 Å². The standard InChI is InChI=1S/C23H16N2OS/c24-16-10-8-15-13-17(11-9-14(15)12-16)25-19-5-3-7-21-22(19)23(26)18-4-1-2-6-20(18)27-21/h1-13,25H,24H2. The van der Waals surface area contributed by atoms with E-state index in [2.05, 4.69) is 11.4 Å². The van der Waals surface area contributed by atoms with Crippen molar-refractivity contribution in [2.24, 2.45) is 0 Å². The first-order chi connectivity index (χ1) is 13.2. The summed E-state index contributed by atoms with van der Waals surface area (Å²) in [6.07, 6.45) is 0. The maximum atomic E-state index is 13.1. The van der Waals surface area contributed by atoms with Gasteiger partial charge in [0.25, 0.3) is 0 Å². The molecule has 27 heavy (non-hydrogen) atoms. The molecule has 5 aromatic rings. The van der Waals surface area contributed by atoms with Crippen molar-refractivity contribution in [2.75, 3.05) is 11.1 Å². The number of nitrogens with two attached hydrogens (primary N) is 1. The number of hydrogen-bond acceptors (Lipinski definition) is 4. The highest BCUT2D eigenvalue weighted by atomic mass is 32.1. The van der Waals surface area contributed by atoms with Crippen LogP contribution in [0.2, 0.25) is 0 Å². The van der Waals surface area contributed by atoms with Gasteiger partial charge in [-0.2, -0.15) is 0 Å². The van der Waals surface area contributed by atoms with Crippen LogP contribution < -0.4 is 16.5 Å². The van der Waals surface area contributed by atoms with Crippen LogP contribution in [0.1, 0.15) is 0 Å². The maximum absolute atomic E-state index is 13.1. The highest BCUT2D eigenvalue weighted by Gasteiger charge is 2.10. The Balaban J connectivity index is 1.68. The van der Waals surface area contributed by atoms with Crippen molar-refractivity contribution >= 4 is 59.3 Å². The van der Waals surface area contributed by atoms with E-state index in [-0.39, 0.29) is 5.43 Å². The van der Waals surface area contributed by atoms with Gasteiger partial charge in [-0.05, 0) is 59.3 Å². The van der Waals surface area contributed by atoms with Gasteiger partial charge < -0.3 is 11.1 Å². The zero-order valence-corrected chi connectivity index (χ0v) is 15.2. The summed E-state index contributed by atoms with van der Waals surface area (Å²) in [5.74, 6) is 0. The van der Waals surface area contributed by atoms with Crippen LogP contribution in [0, 0.1) is 0 Å². The van der Waals surface area contributed by atoms with Crippen LogP contribution in [0.5, 0.6) is 0 Å². The lowest BCUT2D eigenvalue weighted by atomic mass is 10.1. The minimum atomic E-state index is 0.0658. The van der Waals surface area contributed by atoms with E-state index < -0.39 is 0 Å². The van der Waals surface area contributed by atoms with Crippen LogP contribution >= 0.6 is 11.3 Å². The number of nitrogen functional groups attached to an aromatic ring is 1. The molecule has 0 spiro atoms. The van der Waals surface area contributed by atoms with Crippen molar-refractivity contribution in [1.29, 1.82) is 0 Å². The molecule has 0 fully saturated rings. The van der Waals surface area contributed by atoms with Crippen molar-refractivity contribution in [2.45, 2.75) is 0 Å². The normalized spacial score (nSPS) is 11.3. The van der Waals surface area contributed by atoms with Crippen molar-refractivity contribution in [3.8, 4) is 0 Å². The Hall–Kier alpha value is -3.37. The fourth-order valence-electron chi connectivity index (χ4n) is 3.45. The molecule has 0 radical (unpaired) electrons. The largest absolute Gasteiger partial charge is 0.399 e. The van der Waals surface area contributed by atoms with Crippen LogP contribution in [-0.4, -0.2) is 0 Å². The lowest BCUT2D eigenvalue weighted by Gasteiger charge is -2.11. The Morgan fingerprint density at radius 2 is 1.56 bits per heavy atom. The topological polar surface area (TPSA) is 55.1 Å². The van der Waals surface area contributed by atoms with E-state index >= 15 is 0 Å². The number of anilines is 3. The number of rotatable bonds is 2. The molecule has 0 unspecified atom stereocenters. The van der Waals surface area contributed by atoms with Crippen molar-refractivity contribution in [1.82, 2.24) is 0 Å². The third-order valence-electron chi connectivity index (χ3n) is 4.75. The smallest absolute Gasteiger partial charge is 0.197 e. The van der Waals surface area contributed by atoms with Gasteiger partial charge in [-0.1, -0.05) is 30.3 Å². The first kappa shape index (κ1) is 15.9. The molecule has 3 nitrogen and oxygen atoms in total. The number of nitrogens with one attached hydrogen (secondary N) is 1. The fourth-order valence-corrected chi connectivity index (χ4v) is 4.55. The molecule has 3 N–H and O–H groups in total. The molecular weight excluding hydrogens is 352 g/mol. The highest BCUT2D eigenvalue weighted by molar-refractivity contribution is 7.24. The van der Waals surface area contributed by atoms with Crippen LogP contribution in [0.15, 0.2) is 83.7 Å². The lowest BCUT2D eigenvalue weighted by Crippen LogP contribution is -2.04. The molecule has 0 aliphatic carbocycles. The average Bonchev–Trinajstić information content (AvgIpc) is 2.68. The molecule has 0 aliphatic rings. The van der Waals surface area contributed by atoms with Crippen LogP contribution in [0.3, 0.4) is 0 Å². The van der Waals surface area contributed by atoms with E-state index in [1.165, 1.54) is 0 Å². The molecule has 0 aliphatic heterocycles. The molecule has 0 amide bonds. The first-order valence-corrected chi connectivity index (χ1v) is 9.51. The second-order valence-electron chi connectivity index (χ2n) is 6.55. The summed E-state index contributed by atoms with van der Waals surface area (Å²) < 4.78 is 1.99. The number of benzene rings is 4. The van der Waals surface area contributed by atoms with E-state index in [9.17, 15) is 4.79 Å². The monoisotopic (exact) mass is 368 g/mol. The lowest BCUT2D eigenvalue weighted by molar-refractivity contribution is 1.60. The molecule has 4 heteroatoms. The second-order valence-corrected chi connectivity index (χ2v) is 7.64. The SMILES string of the molecule is Nc1ccc2cc(Nc3cccc4sc5ccccc5c(=O)c34)ccc2c1. The van der Waals surface area contributed by atoms with Gasteiger partial charge in [-0.25, -0.2) is 0 Å². The van der Waals surface area contributed by atoms with Crippen molar-refractivity contribution in [3.63, 3.8) is 0 Å². The van der Waals surface area contributed by atoms with Gasteiger partial charge >= 0.3 is 0 Å². The van der Waals surface area contributed by atoms with Gasteiger partial charge in [0, 0.05) is 26.2 Å². The molecule has 0 saturated heterocycles. The number of hydrogen-bond donors (Lipinski definition) is 2. The highest BCUT2D eigenvalue weighted by Crippen LogP contribution is 2.31. The second kappa shape index (κ2) is 6.11. The van der Waals surface area contributed by atoms with E-state index in [0.29, 0.717) is 0 Å². The Morgan fingerprint density at radius 1 is 0.778 bits per heavy atom. The summed E-state index contributed by atoms with van der Waals surface area (Å²) in [5.41, 5.74) is 8.45. The fraction of sp³-hybridized carbons (Fsp3) is 0. The van der Waals surface area contributed by atoms with Gasteiger partial charge in [0.1, 0.15) is 0 Å². The average molecular weight is 368 g/mol. The summed E-state index contributed by atoms with van der Waals surface area (Å²) >= 11 is 1.64. The molecular formula is C23H16N2OS. The van der Waals surface area contributed by atoms with Gasteiger partial charge in [-0.3, -0.25) is 4.79 Å². The van der Waals surface area contributed by atoms with E-state index in [4.69, 9.17) is 5.73 Å². The summed E-state index contributed by atoms with van der Waals surface area (Å²) in [6.45, 7) is 0. The predicted octanol–water partition coefficient (Wildman–Crippen LogP) is 5.89. The minimum Gasteiger partial charge on any atom is -0.399 e. The van der Waals surface area contributed by atoms with E-state index in [1.807, 2.05) is 72.8 Å². The Bertz CT molecular complexity index is 1390. The summed E-state index contributed by atoms with van der Waals surface area (Å²) in [7, 11) is 0. The molecule has 1 heterocycles. The molecule has 0 atom stereocenters. The Labute approximate surface area is 159 Å². The molecule has 130 valence electrons. The zero-order valence-electron chi connectivity index (χ0n) is 14.4. The van der Waals surface area contributed by atoms with Crippen LogP contribution in [-0.2, 0) is 0 Å². The van der Waals surface area contributed by atoms with Crippen molar-refractivity contribution < 1.29 is 0 Å². The molecule has 0 saturated carbocycles. The number of fused-ring (bicyclic) bond motifs is 3. The van der Waals surface area contributed by atoms with Gasteiger partial charge in [0.2, 0.25) is 0 Å². The molecule has 4 aromatic carbocycles. The zero-order chi connectivity index (χ0) is 18.4. The molecule has 5 rings (SSSR count). The van der Waals surface area contributed by atoms with E-state index in [0.717, 1.165) is 48.0 Å². The summed E-state index contributed by atoms with van der Waals surface area (Å²) in [4.78, 5) is 13.1. The van der Waals surface area contributed by atoms with Crippen LogP contribution in [0.25, 0.3) is 30.9 Å². The molecule has 0 bridgehead atoms. The quantitative estimate of drug-likeness (QED) is 0.301. The Kier molecular flexibility index (Phi) is 3.59. The maximum Gasteiger partial charge on any atom is 0.197 e. The van der Waals surface area contributed by atoms with Crippen LogP contribution in [0.4, 0.5) is 17.1 Å². The third-order valence-corrected chi connectivity index (χ3v) is 5.88. The summed E-state index contributed by atoms with van der Waals surface area (Å²) in [5, 5.41) is 7.13. The van der Waals surface area contributed by atoms with Crippen molar-refractivity contribution in [3.05, 3.63) is 89.1 Å². The summed E-state index contributed by atoms with van der Waals surface area (Å²) in [6, 6.07) is 25.7. The van der Waals surface area contributed by atoms with Gasteiger partial charge in [-0.15, -0.1) is 11.3 Å².